The maximum absolute atomic E-state index is 5.88. The van der Waals surface area contributed by atoms with Crippen molar-refractivity contribution in [3.05, 3.63) is 29.8 Å². The molecule has 0 saturated carbocycles. The molecule has 0 aliphatic carbocycles. The van der Waals surface area contributed by atoms with E-state index in [2.05, 4.69) is 21.5 Å². The predicted octanol–water partition coefficient (Wildman–Crippen LogP) is 0.531. The van der Waals surface area contributed by atoms with Crippen molar-refractivity contribution in [2.45, 2.75) is 6.54 Å². The van der Waals surface area contributed by atoms with Crippen LogP contribution in [-0.4, -0.2) is 56.3 Å². The highest BCUT2D eigenvalue weighted by Gasteiger charge is 2.10. The van der Waals surface area contributed by atoms with Crippen molar-refractivity contribution < 1.29 is 4.74 Å². The normalized spacial score (nSPS) is 17.2. The van der Waals surface area contributed by atoms with Gasteiger partial charge in [0.15, 0.2) is 5.96 Å². The highest BCUT2D eigenvalue weighted by Crippen LogP contribution is 2.18. The van der Waals surface area contributed by atoms with Crippen LogP contribution in [0.4, 0.5) is 5.69 Å². The molecule has 3 N–H and O–H groups in total. The first-order valence-electron chi connectivity index (χ1n) is 6.82. The summed E-state index contributed by atoms with van der Waals surface area (Å²) in [5.74, 6) is 0.504. The molecule has 1 fully saturated rings. The van der Waals surface area contributed by atoms with Gasteiger partial charge in [-0.3, -0.25) is 5.43 Å². The van der Waals surface area contributed by atoms with E-state index < -0.39 is 0 Å². The molecule has 0 radical (unpaired) electrons. The van der Waals surface area contributed by atoms with Crippen molar-refractivity contribution in [3.8, 4) is 0 Å². The summed E-state index contributed by atoms with van der Waals surface area (Å²) >= 11 is 0. The number of benzene rings is 1. The molecule has 6 heteroatoms. The third-order valence-corrected chi connectivity index (χ3v) is 3.19. The average molecular weight is 277 g/mol. The summed E-state index contributed by atoms with van der Waals surface area (Å²) in [7, 11) is 3.76. The number of ether oxygens (including phenoxy) is 1. The van der Waals surface area contributed by atoms with Crippen molar-refractivity contribution in [2.24, 2.45) is 10.7 Å². The number of para-hydroxylation sites is 1. The number of rotatable bonds is 4. The van der Waals surface area contributed by atoms with Gasteiger partial charge in [-0.1, -0.05) is 18.2 Å². The smallest absolute Gasteiger partial charge is 0.195 e. The molecule has 1 aliphatic rings. The van der Waals surface area contributed by atoms with E-state index in [0.29, 0.717) is 5.96 Å². The van der Waals surface area contributed by atoms with E-state index in [9.17, 15) is 0 Å². The Kier molecular flexibility index (Phi) is 5.34. The average Bonchev–Trinajstić information content (AvgIpc) is 2.47. The summed E-state index contributed by atoms with van der Waals surface area (Å²) in [4.78, 5) is 6.26. The SMILES string of the molecule is CN(C)C(N)=Nc1ccccc1CNN1CCOCC1. The van der Waals surface area contributed by atoms with Gasteiger partial charge in [0.05, 0.1) is 18.9 Å². The lowest BCUT2D eigenvalue weighted by molar-refractivity contribution is 0.0106. The van der Waals surface area contributed by atoms with Crippen molar-refractivity contribution >= 4 is 11.6 Å². The summed E-state index contributed by atoms with van der Waals surface area (Å²) in [5.41, 5.74) is 11.3. The molecule has 6 nitrogen and oxygen atoms in total. The van der Waals surface area contributed by atoms with Crippen LogP contribution in [0.5, 0.6) is 0 Å². The van der Waals surface area contributed by atoms with Gasteiger partial charge >= 0.3 is 0 Å². The molecular weight excluding hydrogens is 254 g/mol. The van der Waals surface area contributed by atoms with Crippen molar-refractivity contribution in [1.29, 1.82) is 0 Å². The quantitative estimate of drug-likeness (QED) is 0.621. The summed E-state index contributed by atoms with van der Waals surface area (Å²) in [6.45, 7) is 4.11. The molecule has 2 rings (SSSR count). The second-order valence-corrected chi connectivity index (χ2v) is 4.93. The summed E-state index contributed by atoms with van der Waals surface area (Å²) in [5, 5.41) is 2.18. The van der Waals surface area contributed by atoms with Gasteiger partial charge in [-0.2, -0.15) is 0 Å². The third-order valence-electron chi connectivity index (χ3n) is 3.19. The predicted molar refractivity (Wildman–Crippen MR) is 80.6 cm³/mol. The van der Waals surface area contributed by atoms with Crippen molar-refractivity contribution in [3.63, 3.8) is 0 Å². The molecule has 0 bridgehead atoms. The van der Waals surface area contributed by atoms with Crippen LogP contribution in [0, 0.1) is 0 Å². The van der Waals surface area contributed by atoms with E-state index in [1.54, 1.807) is 4.90 Å². The lowest BCUT2D eigenvalue weighted by Crippen LogP contribution is -2.45. The van der Waals surface area contributed by atoms with E-state index in [-0.39, 0.29) is 0 Å². The van der Waals surface area contributed by atoms with Gasteiger partial charge in [0.1, 0.15) is 0 Å². The molecule has 20 heavy (non-hydrogen) atoms. The number of hydrazine groups is 1. The summed E-state index contributed by atoms with van der Waals surface area (Å²) in [6.07, 6.45) is 0. The minimum Gasteiger partial charge on any atom is -0.379 e. The molecule has 0 amide bonds. The van der Waals surface area contributed by atoms with Gasteiger partial charge in [0.25, 0.3) is 0 Å². The fourth-order valence-electron chi connectivity index (χ4n) is 1.91. The first-order chi connectivity index (χ1) is 9.66. The van der Waals surface area contributed by atoms with Crippen LogP contribution >= 0.6 is 0 Å². The van der Waals surface area contributed by atoms with E-state index >= 15 is 0 Å². The summed E-state index contributed by atoms with van der Waals surface area (Å²) < 4.78 is 5.33. The Morgan fingerprint density at radius 2 is 2.05 bits per heavy atom. The molecular formula is C14H23N5O. The molecule has 0 aromatic heterocycles. The highest BCUT2D eigenvalue weighted by molar-refractivity contribution is 5.81. The number of hydrogen-bond acceptors (Lipinski definition) is 4. The van der Waals surface area contributed by atoms with E-state index in [1.165, 1.54) is 0 Å². The topological polar surface area (TPSA) is 66.1 Å². The van der Waals surface area contributed by atoms with Crippen LogP contribution < -0.4 is 11.2 Å². The number of nitrogens with one attached hydrogen (secondary N) is 1. The zero-order chi connectivity index (χ0) is 14.4. The lowest BCUT2D eigenvalue weighted by atomic mass is 10.2. The maximum atomic E-state index is 5.88. The molecule has 1 aromatic rings. The second kappa shape index (κ2) is 7.23. The van der Waals surface area contributed by atoms with Crippen LogP contribution in [0.15, 0.2) is 29.3 Å². The number of morpholine rings is 1. The molecule has 110 valence electrons. The Morgan fingerprint density at radius 1 is 1.35 bits per heavy atom. The number of hydrogen-bond donors (Lipinski definition) is 2. The third kappa shape index (κ3) is 4.19. The first kappa shape index (κ1) is 14.8. The van der Waals surface area contributed by atoms with Crippen LogP contribution in [0.25, 0.3) is 0 Å². The van der Waals surface area contributed by atoms with E-state index in [4.69, 9.17) is 10.5 Å². The maximum Gasteiger partial charge on any atom is 0.195 e. The molecule has 1 heterocycles. The fraction of sp³-hybridized carbons (Fsp3) is 0.500. The monoisotopic (exact) mass is 277 g/mol. The summed E-state index contributed by atoms with van der Waals surface area (Å²) in [6, 6.07) is 8.03. The second-order valence-electron chi connectivity index (χ2n) is 4.93. The van der Waals surface area contributed by atoms with Crippen LogP contribution in [-0.2, 0) is 11.3 Å². The molecule has 1 saturated heterocycles. The number of guanidine groups is 1. The van der Waals surface area contributed by atoms with Gasteiger partial charge < -0.3 is 15.4 Å². The van der Waals surface area contributed by atoms with Gasteiger partial charge in [0.2, 0.25) is 0 Å². The molecule has 0 atom stereocenters. The van der Waals surface area contributed by atoms with E-state index in [0.717, 1.165) is 44.1 Å². The minimum atomic E-state index is 0.504. The number of nitrogens with zero attached hydrogens (tertiary/aromatic N) is 3. The Bertz CT molecular complexity index is 455. The van der Waals surface area contributed by atoms with Crippen LogP contribution in [0.3, 0.4) is 0 Å². The fourth-order valence-corrected chi connectivity index (χ4v) is 1.91. The molecule has 0 spiro atoms. The Morgan fingerprint density at radius 3 is 2.75 bits per heavy atom. The van der Waals surface area contributed by atoms with Gasteiger partial charge in [-0.15, -0.1) is 0 Å². The van der Waals surface area contributed by atoms with Crippen molar-refractivity contribution in [1.82, 2.24) is 15.3 Å². The number of aliphatic imine (C=N–C) groups is 1. The zero-order valence-electron chi connectivity index (χ0n) is 12.2. The molecule has 1 aliphatic heterocycles. The van der Waals surface area contributed by atoms with Crippen LogP contribution in [0.2, 0.25) is 0 Å². The standard InChI is InChI=1S/C14H23N5O/c1-18(2)14(15)17-13-6-4-3-5-12(13)11-16-19-7-9-20-10-8-19/h3-6,16H,7-11H2,1-2H3,(H2,15,17). The van der Waals surface area contributed by atoms with Gasteiger partial charge in [-0.05, 0) is 11.6 Å². The Hall–Kier alpha value is -1.63. The Balaban J connectivity index is 2.02. The first-order valence-corrected chi connectivity index (χ1v) is 6.82. The molecule has 1 aromatic carbocycles. The van der Waals surface area contributed by atoms with E-state index in [1.807, 2.05) is 32.3 Å². The van der Waals surface area contributed by atoms with Crippen LogP contribution in [0.1, 0.15) is 5.56 Å². The van der Waals surface area contributed by atoms with Gasteiger partial charge in [-0.25, -0.2) is 10.0 Å². The van der Waals surface area contributed by atoms with Crippen molar-refractivity contribution in [2.75, 3.05) is 40.4 Å². The highest BCUT2D eigenvalue weighted by atomic mass is 16.5. The minimum absolute atomic E-state index is 0.504. The largest absolute Gasteiger partial charge is 0.379 e. The molecule has 0 unspecified atom stereocenters. The number of nitrogens with two attached hydrogens (primary N) is 1. The lowest BCUT2D eigenvalue weighted by Gasteiger charge is -2.27. The van der Waals surface area contributed by atoms with Gasteiger partial charge in [0, 0.05) is 33.7 Å². The Labute approximate surface area is 120 Å². The zero-order valence-corrected chi connectivity index (χ0v) is 12.2.